The number of hydrogen-bond acceptors (Lipinski definition) is 5. The molecule has 0 radical (unpaired) electrons. The maximum atomic E-state index is 11.7. The highest BCUT2D eigenvalue weighted by Gasteiger charge is 2.27. The van der Waals surface area contributed by atoms with E-state index in [4.69, 9.17) is 5.73 Å². The summed E-state index contributed by atoms with van der Waals surface area (Å²) in [6.07, 6.45) is 1.16. The third-order valence-electron chi connectivity index (χ3n) is 3.21. The van der Waals surface area contributed by atoms with E-state index in [1.807, 2.05) is 0 Å². The molecule has 0 aromatic rings. The minimum absolute atomic E-state index is 0.0550. The van der Waals surface area contributed by atoms with Crippen LogP contribution in [0.4, 0.5) is 0 Å². The second-order valence-corrected chi connectivity index (χ2v) is 6.88. The summed E-state index contributed by atoms with van der Waals surface area (Å²) in [6.45, 7) is 2.18. The van der Waals surface area contributed by atoms with E-state index in [2.05, 4.69) is 10.6 Å². The summed E-state index contributed by atoms with van der Waals surface area (Å²) in [6, 6.07) is -0.0550. The van der Waals surface area contributed by atoms with Crippen LogP contribution < -0.4 is 16.4 Å². The van der Waals surface area contributed by atoms with Gasteiger partial charge in [0, 0.05) is 19.1 Å². The first-order valence-corrected chi connectivity index (χ1v) is 8.24. The molecule has 0 unspecified atom stereocenters. The van der Waals surface area contributed by atoms with E-state index < -0.39 is 10.0 Å². The lowest BCUT2D eigenvalue weighted by Gasteiger charge is -2.31. The first-order chi connectivity index (χ1) is 9.39. The molecule has 0 saturated carbocycles. The van der Waals surface area contributed by atoms with Crippen LogP contribution in [0, 0.1) is 0 Å². The topological polar surface area (TPSA) is 122 Å². The van der Waals surface area contributed by atoms with E-state index in [1.165, 1.54) is 4.31 Å². The Bertz CT molecular complexity index is 443. The van der Waals surface area contributed by atoms with Crippen LogP contribution in [-0.2, 0) is 19.6 Å². The minimum Gasteiger partial charge on any atom is -0.352 e. The molecule has 0 spiro atoms. The average Bonchev–Trinajstić information content (AvgIpc) is 2.45. The van der Waals surface area contributed by atoms with Crippen LogP contribution in [0.2, 0.25) is 0 Å². The number of nitrogens with two attached hydrogens (primary N) is 1. The molecule has 0 aromatic heterocycles. The molecule has 1 fully saturated rings. The monoisotopic (exact) mass is 306 g/mol. The maximum absolute atomic E-state index is 11.7. The molecular weight excluding hydrogens is 284 g/mol. The van der Waals surface area contributed by atoms with Crippen molar-refractivity contribution in [1.82, 2.24) is 14.9 Å². The molecular formula is C11H22N4O4S. The highest BCUT2D eigenvalue weighted by molar-refractivity contribution is 7.89. The van der Waals surface area contributed by atoms with Crippen molar-refractivity contribution in [3.63, 3.8) is 0 Å². The van der Waals surface area contributed by atoms with E-state index >= 15 is 0 Å². The number of nitrogens with one attached hydrogen (secondary N) is 2. The number of amides is 2. The molecule has 8 nitrogen and oxygen atoms in total. The predicted octanol–water partition coefficient (Wildman–Crippen LogP) is -2.01. The molecule has 1 aliphatic rings. The Morgan fingerprint density at radius 1 is 1.25 bits per heavy atom. The van der Waals surface area contributed by atoms with Gasteiger partial charge in [-0.05, 0) is 19.8 Å². The summed E-state index contributed by atoms with van der Waals surface area (Å²) in [7, 11) is -3.15. The average molecular weight is 306 g/mol. The van der Waals surface area contributed by atoms with Crippen molar-refractivity contribution in [2.24, 2.45) is 5.73 Å². The van der Waals surface area contributed by atoms with E-state index in [0.29, 0.717) is 25.9 Å². The number of nitrogens with zero attached hydrogens (tertiary/aromatic N) is 1. The molecule has 1 heterocycles. The van der Waals surface area contributed by atoms with Crippen molar-refractivity contribution < 1.29 is 18.0 Å². The molecule has 2 amide bonds. The number of carbonyl (C=O) groups is 2. The summed E-state index contributed by atoms with van der Waals surface area (Å²) >= 11 is 0. The molecule has 0 atom stereocenters. The van der Waals surface area contributed by atoms with Crippen LogP contribution in [0.5, 0.6) is 0 Å². The number of piperidine rings is 1. The van der Waals surface area contributed by atoms with Gasteiger partial charge in [-0.1, -0.05) is 0 Å². The van der Waals surface area contributed by atoms with E-state index in [1.54, 1.807) is 6.92 Å². The number of hydrogen-bond donors (Lipinski definition) is 3. The van der Waals surface area contributed by atoms with Crippen LogP contribution in [0.15, 0.2) is 0 Å². The van der Waals surface area contributed by atoms with Crippen molar-refractivity contribution in [1.29, 1.82) is 0 Å². The van der Waals surface area contributed by atoms with Crippen molar-refractivity contribution in [2.75, 3.05) is 31.9 Å². The quantitative estimate of drug-likeness (QED) is 0.523. The largest absolute Gasteiger partial charge is 0.352 e. The third kappa shape index (κ3) is 5.06. The fraction of sp³-hybridized carbons (Fsp3) is 0.818. The molecule has 20 heavy (non-hydrogen) atoms. The van der Waals surface area contributed by atoms with Gasteiger partial charge in [0.15, 0.2) is 0 Å². The fourth-order valence-electron chi connectivity index (χ4n) is 1.99. The van der Waals surface area contributed by atoms with Crippen LogP contribution in [0.25, 0.3) is 0 Å². The number of rotatable bonds is 6. The maximum Gasteiger partial charge on any atom is 0.239 e. The van der Waals surface area contributed by atoms with Gasteiger partial charge in [-0.3, -0.25) is 9.59 Å². The van der Waals surface area contributed by atoms with Crippen molar-refractivity contribution in [3.05, 3.63) is 0 Å². The second-order valence-electron chi connectivity index (χ2n) is 4.62. The van der Waals surface area contributed by atoms with E-state index in [0.717, 1.165) is 0 Å². The van der Waals surface area contributed by atoms with Crippen LogP contribution in [-0.4, -0.2) is 62.5 Å². The minimum atomic E-state index is -3.15. The van der Waals surface area contributed by atoms with Gasteiger partial charge >= 0.3 is 0 Å². The Balaban J connectivity index is 2.32. The van der Waals surface area contributed by atoms with Crippen LogP contribution in [0.1, 0.15) is 19.8 Å². The van der Waals surface area contributed by atoms with Crippen molar-refractivity contribution >= 4 is 21.8 Å². The van der Waals surface area contributed by atoms with Gasteiger partial charge in [-0.2, -0.15) is 0 Å². The first-order valence-electron chi connectivity index (χ1n) is 6.63. The lowest BCUT2D eigenvalue weighted by molar-refractivity contribution is -0.125. The first kappa shape index (κ1) is 16.9. The molecule has 0 aromatic carbocycles. The van der Waals surface area contributed by atoms with Gasteiger partial charge in [0.2, 0.25) is 21.8 Å². The second kappa shape index (κ2) is 7.55. The van der Waals surface area contributed by atoms with Crippen molar-refractivity contribution in [3.8, 4) is 0 Å². The Kier molecular flexibility index (Phi) is 6.37. The number of carbonyl (C=O) groups excluding carboxylic acids is 2. The summed E-state index contributed by atoms with van der Waals surface area (Å²) in [5.74, 6) is -0.581. The fourth-order valence-corrected chi connectivity index (χ4v) is 3.12. The predicted molar refractivity (Wildman–Crippen MR) is 74.3 cm³/mol. The molecule has 1 aliphatic heterocycles. The third-order valence-corrected chi connectivity index (χ3v) is 5.09. The molecule has 9 heteroatoms. The van der Waals surface area contributed by atoms with Gasteiger partial charge in [-0.25, -0.2) is 12.7 Å². The normalized spacial score (nSPS) is 17.7. The molecule has 1 rings (SSSR count). The highest BCUT2D eigenvalue weighted by Crippen LogP contribution is 2.14. The zero-order valence-corrected chi connectivity index (χ0v) is 12.4. The lowest BCUT2D eigenvalue weighted by atomic mass is 10.1. The standard InChI is InChI=1S/C11H22N4O4S/c1-2-20(18,19)15-5-3-9(4-6-15)14-11(17)8-13-10(16)7-12/h9H,2-8,12H2,1H3,(H,13,16)(H,14,17). The summed E-state index contributed by atoms with van der Waals surface area (Å²) in [5.41, 5.74) is 5.11. The summed E-state index contributed by atoms with van der Waals surface area (Å²) in [5, 5.41) is 5.15. The smallest absolute Gasteiger partial charge is 0.239 e. The molecule has 0 bridgehead atoms. The summed E-state index contributed by atoms with van der Waals surface area (Å²) < 4.78 is 24.8. The van der Waals surface area contributed by atoms with Gasteiger partial charge in [0.05, 0.1) is 18.8 Å². The SMILES string of the molecule is CCS(=O)(=O)N1CCC(NC(=O)CNC(=O)CN)CC1. The van der Waals surface area contributed by atoms with Gasteiger partial charge in [-0.15, -0.1) is 0 Å². The molecule has 0 aliphatic carbocycles. The zero-order chi connectivity index (χ0) is 15.2. The Hall–Kier alpha value is -1.19. The van der Waals surface area contributed by atoms with Crippen molar-refractivity contribution in [2.45, 2.75) is 25.8 Å². The summed E-state index contributed by atoms with van der Waals surface area (Å²) in [4.78, 5) is 22.5. The van der Waals surface area contributed by atoms with Gasteiger partial charge in [0.25, 0.3) is 0 Å². The van der Waals surface area contributed by atoms with Crippen LogP contribution >= 0.6 is 0 Å². The Morgan fingerprint density at radius 2 is 1.85 bits per heavy atom. The van der Waals surface area contributed by atoms with E-state index in [9.17, 15) is 18.0 Å². The van der Waals surface area contributed by atoms with Gasteiger partial charge in [0.1, 0.15) is 0 Å². The molecule has 4 N–H and O–H groups in total. The van der Waals surface area contributed by atoms with Crippen LogP contribution in [0.3, 0.4) is 0 Å². The molecule has 116 valence electrons. The van der Waals surface area contributed by atoms with E-state index in [-0.39, 0.29) is 36.7 Å². The molecule has 1 saturated heterocycles. The lowest BCUT2D eigenvalue weighted by Crippen LogP contribution is -2.49. The van der Waals surface area contributed by atoms with Gasteiger partial charge < -0.3 is 16.4 Å². The zero-order valence-electron chi connectivity index (χ0n) is 11.6. The number of sulfonamides is 1. The Labute approximate surface area is 119 Å². The highest BCUT2D eigenvalue weighted by atomic mass is 32.2. The Morgan fingerprint density at radius 3 is 2.35 bits per heavy atom.